The molecular weight excluding hydrogens is 212 g/mol. The van der Waals surface area contributed by atoms with Crippen LogP contribution in [-0.2, 0) is 9.59 Å². The highest BCUT2D eigenvalue weighted by molar-refractivity contribution is 8.00. The fraction of sp³-hybridized carbons (Fsp3) is 0.800. The van der Waals surface area contributed by atoms with E-state index in [0.29, 0.717) is 17.5 Å². The Morgan fingerprint density at radius 1 is 1.40 bits per heavy atom. The van der Waals surface area contributed by atoms with E-state index >= 15 is 0 Å². The number of hydrogen-bond acceptors (Lipinski definition) is 3. The van der Waals surface area contributed by atoms with Crippen molar-refractivity contribution in [3.05, 3.63) is 0 Å². The van der Waals surface area contributed by atoms with Gasteiger partial charge in [-0.3, -0.25) is 9.59 Å². The molecule has 1 saturated heterocycles. The first-order valence-electron chi connectivity index (χ1n) is 5.43. The van der Waals surface area contributed by atoms with Crippen molar-refractivity contribution in [2.24, 2.45) is 0 Å². The highest BCUT2D eigenvalue weighted by Crippen LogP contribution is 2.18. The SMILES string of the molecule is O=C1CSCC(C(=O)NC2CCCC2)N1. The molecule has 1 heterocycles. The van der Waals surface area contributed by atoms with Crippen LogP contribution >= 0.6 is 11.8 Å². The number of rotatable bonds is 2. The Kier molecular flexibility index (Phi) is 3.51. The molecule has 1 saturated carbocycles. The summed E-state index contributed by atoms with van der Waals surface area (Å²) in [6.45, 7) is 0. The van der Waals surface area contributed by atoms with E-state index in [0.717, 1.165) is 12.8 Å². The molecule has 2 rings (SSSR count). The highest BCUT2D eigenvalue weighted by Gasteiger charge is 2.27. The zero-order chi connectivity index (χ0) is 10.7. The summed E-state index contributed by atoms with van der Waals surface area (Å²) in [6, 6.07) is 0.0122. The van der Waals surface area contributed by atoms with Gasteiger partial charge in [0.1, 0.15) is 6.04 Å². The lowest BCUT2D eigenvalue weighted by molar-refractivity contribution is -0.128. The molecule has 2 amide bonds. The van der Waals surface area contributed by atoms with Crippen molar-refractivity contribution < 1.29 is 9.59 Å². The van der Waals surface area contributed by atoms with Crippen molar-refractivity contribution >= 4 is 23.6 Å². The van der Waals surface area contributed by atoms with Gasteiger partial charge in [0.15, 0.2) is 0 Å². The van der Waals surface area contributed by atoms with E-state index < -0.39 is 0 Å². The zero-order valence-corrected chi connectivity index (χ0v) is 9.44. The van der Waals surface area contributed by atoms with E-state index in [1.807, 2.05) is 0 Å². The third-order valence-corrected chi connectivity index (χ3v) is 3.91. The van der Waals surface area contributed by atoms with E-state index in [-0.39, 0.29) is 17.9 Å². The molecule has 1 aliphatic carbocycles. The van der Waals surface area contributed by atoms with E-state index in [2.05, 4.69) is 10.6 Å². The minimum absolute atomic E-state index is 0.0116. The van der Waals surface area contributed by atoms with Crippen molar-refractivity contribution in [2.45, 2.75) is 37.8 Å². The Hall–Kier alpha value is -0.710. The van der Waals surface area contributed by atoms with Crippen LogP contribution < -0.4 is 10.6 Å². The maximum atomic E-state index is 11.8. The van der Waals surface area contributed by atoms with Crippen LogP contribution in [0.1, 0.15) is 25.7 Å². The maximum absolute atomic E-state index is 11.8. The molecule has 1 aliphatic heterocycles. The first kappa shape index (κ1) is 10.8. The topological polar surface area (TPSA) is 58.2 Å². The lowest BCUT2D eigenvalue weighted by atomic mass is 10.2. The van der Waals surface area contributed by atoms with Gasteiger partial charge in [-0.1, -0.05) is 12.8 Å². The Labute approximate surface area is 93.6 Å². The van der Waals surface area contributed by atoms with Gasteiger partial charge in [0.25, 0.3) is 0 Å². The molecule has 2 N–H and O–H groups in total. The second-order valence-electron chi connectivity index (χ2n) is 4.13. The molecule has 0 radical (unpaired) electrons. The van der Waals surface area contributed by atoms with Gasteiger partial charge < -0.3 is 10.6 Å². The van der Waals surface area contributed by atoms with Gasteiger partial charge in [-0.05, 0) is 12.8 Å². The predicted molar refractivity (Wildman–Crippen MR) is 59.7 cm³/mol. The fourth-order valence-electron chi connectivity index (χ4n) is 2.06. The lowest BCUT2D eigenvalue weighted by Gasteiger charge is -2.23. The standard InChI is InChI=1S/C10H16N2O2S/c13-9-6-15-5-8(12-9)10(14)11-7-3-1-2-4-7/h7-8H,1-6H2,(H,11,14)(H,12,13). The van der Waals surface area contributed by atoms with Gasteiger partial charge in [0.2, 0.25) is 11.8 Å². The largest absolute Gasteiger partial charge is 0.352 e. The highest BCUT2D eigenvalue weighted by atomic mass is 32.2. The van der Waals surface area contributed by atoms with Crippen molar-refractivity contribution in [3.63, 3.8) is 0 Å². The molecule has 2 fully saturated rings. The van der Waals surface area contributed by atoms with Crippen molar-refractivity contribution in [1.82, 2.24) is 10.6 Å². The van der Waals surface area contributed by atoms with Gasteiger partial charge in [0.05, 0.1) is 5.75 Å². The summed E-state index contributed by atoms with van der Waals surface area (Å²) in [4.78, 5) is 22.9. The number of amides is 2. The van der Waals surface area contributed by atoms with Crippen LogP contribution in [0.2, 0.25) is 0 Å². The summed E-state index contributed by atoms with van der Waals surface area (Å²) in [5, 5.41) is 5.72. The molecule has 0 aromatic rings. The van der Waals surface area contributed by atoms with Crippen LogP contribution in [0.3, 0.4) is 0 Å². The van der Waals surface area contributed by atoms with Gasteiger partial charge in [-0.2, -0.15) is 0 Å². The first-order valence-corrected chi connectivity index (χ1v) is 6.58. The zero-order valence-electron chi connectivity index (χ0n) is 8.62. The van der Waals surface area contributed by atoms with Crippen LogP contribution in [0.5, 0.6) is 0 Å². The summed E-state index contributed by atoms with van der Waals surface area (Å²) < 4.78 is 0. The normalized spacial score (nSPS) is 27.5. The molecular formula is C10H16N2O2S. The fourth-order valence-corrected chi connectivity index (χ4v) is 2.92. The number of carbonyl (C=O) groups excluding carboxylic acids is 2. The second kappa shape index (κ2) is 4.88. The number of hydrogen-bond donors (Lipinski definition) is 2. The molecule has 1 unspecified atom stereocenters. The second-order valence-corrected chi connectivity index (χ2v) is 5.16. The quantitative estimate of drug-likeness (QED) is 0.713. The summed E-state index contributed by atoms with van der Waals surface area (Å²) in [5.74, 6) is 1.14. The van der Waals surface area contributed by atoms with Gasteiger partial charge >= 0.3 is 0 Å². The Morgan fingerprint density at radius 2 is 2.13 bits per heavy atom. The molecule has 2 aliphatic rings. The smallest absolute Gasteiger partial charge is 0.243 e. The van der Waals surface area contributed by atoms with Crippen molar-refractivity contribution in [1.29, 1.82) is 0 Å². The maximum Gasteiger partial charge on any atom is 0.243 e. The first-order chi connectivity index (χ1) is 7.25. The average Bonchev–Trinajstić information content (AvgIpc) is 2.70. The van der Waals surface area contributed by atoms with Crippen LogP contribution in [0.4, 0.5) is 0 Å². The Morgan fingerprint density at radius 3 is 2.80 bits per heavy atom. The minimum Gasteiger partial charge on any atom is -0.352 e. The monoisotopic (exact) mass is 228 g/mol. The third kappa shape index (κ3) is 2.87. The average molecular weight is 228 g/mol. The molecule has 0 bridgehead atoms. The Balaban J connectivity index is 1.81. The van der Waals surface area contributed by atoms with E-state index in [9.17, 15) is 9.59 Å². The minimum atomic E-state index is -0.322. The van der Waals surface area contributed by atoms with Gasteiger partial charge in [-0.15, -0.1) is 11.8 Å². The Bertz CT molecular complexity index is 264. The molecule has 0 aromatic heterocycles. The molecule has 0 aromatic carbocycles. The van der Waals surface area contributed by atoms with Crippen molar-refractivity contribution in [2.75, 3.05) is 11.5 Å². The van der Waals surface area contributed by atoms with E-state index in [1.165, 1.54) is 24.6 Å². The van der Waals surface area contributed by atoms with Gasteiger partial charge in [0, 0.05) is 11.8 Å². The number of thioether (sulfide) groups is 1. The summed E-state index contributed by atoms with van der Waals surface area (Å²) >= 11 is 1.52. The number of carbonyl (C=O) groups is 2. The van der Waals surface area contributed by atoms with Crippen LogP contribution in [0.25, 0.3) is 0 Å². The predicted octanol–water partition coefficient (Wildman–Crippen LogP) is 0.277. The van der Waals surface area contributed by atoms with Crippen LogP contribution in [-0.4, -0.2) is 35.4 Å². The molecule has 5 heteroatoms. The summed E-state index contributed by atoms with van der Waals surface area (Å²) in [5.41, 5.74) is 0. The van der Waals surface area contributed by atoms with Crippen LogP contribution in [0, 0.1) is 0 Å². The number of nitrogens with one attached hydrogen (secondary N) is 2. The van der Waals surface area contributed by atoms with Gasteiger partial charge in [-0.25, -0.2) is 0 Å². The molecule has 84 valence electrons. The van der Waals surface area contributed by atoms with Crippen molar-refractivity contribution in [3.8, 4) is 0 Å². The summed E-state index contributed by atoms with van der Waals surface area (Å²) in [7, 11) is 0. The molecule has 4 nitrogen and oxygen atoms in total. The molecule has 15 heavy (non-hydrogen) atoms. The molecule has 0 spiro atoms. The van der Waals surface area contributed by atoms with E-state index in [4.69, 9.17) is 0 Å². The lowest BCUT2D eigenvalue weighted by Crippen LogP contribution is -2.53. The van der Waals surface area contributed by atoms with Crippen LogP contribution in [0.15, 0.2) is 0 Å². The molecule has 1 atom stereocenters. The summed E-state index contributed by atoms with van der Waals surface area (Å²) in [6.07, 6.45) is 4.58. The third-order valence-electron chi connectivity index (χ3n) is 2.87. The van der Waals surface area contributed by atoms with E-state index in [1.54, 1.807) is 0 Å².